The van der Waals surface area contributed by atoms with Gasteiger partial charge in [-0.15, -0.1) is 0 Å². The Morgan fingerprint density at radius 1 is 0.800 bits per heavy atom. The molecule has 4 N–H and O–H groups in total. The molecule has 15 atom stereocenters. The molecule has 4 bridgehead atoms. The second-order valence-electron chi connectivity index (χ2n) is 22.9. The van der Waals surface area contributed by atoms with E-state index in [0.29, 0.717) is 30.6 Å². The number of allylic oxidation sites excluding steroid dienone is 3. The van der Waals surface area contributed by atoms with Crippen LogP contribution in [0.1, 0.15) is 149 Å². The lowest BCUT2D eigenvalue weighted by molar-refractivity contribution is -0.178. The maximum Gasteiger partial charge on any atom is 0.159 e. The van der Waals surface area contributed by atoms with Gasteiger partial charge in [-0.2, -0.15) is 0 Å². The van der Waals surface area contributed by atoms with Gasteiger partial charge in [0.05, 0.1) is 30.2 Å². The van der Waals surface area contributed by atoms with Crippen LogP contribution in [0.4, 0.5) is 0 Å². The monoisotopic (exact) mass is 856 g/mol. The van der Waals surface area contributed by atoms with Gasteiger partial charge >= 0.3 is 0 Å². The molecular formula is C51H72N2O5S2. The van der Waals surface area contributed by atoms with Crippen molar-refractivity contribution in [2.24, 2.45) is 69.5 Å². The standard InChI is InChI=1S/C51H72N2O5S2/c1-48(2)24-32(53-19-18-52-28-53)27-60-59-26-31-21-38(36-20-29-10-9-15-34-33-13-7-8-14-35(33)46(48)45(44(29)34)47(36)57)49(3)17-16-37-39(51(31,49)58)22-41(54)40-23-42(55)43(56)25-50(37,40)30-11-5-4-6-12-30/h18-19,22,28-33,36-38,40,42-43,45,47,55-58H,4-17,20-21,23-27H2,1-3H3. The lowest BCUT2D eigenvalue weighted by Crippen LogP contribution is -2.65. The zero-order valence-electron chi connectivity index (χ0n) is 36.6. The highest BCUT2D eigenvalue weighted by atomic mass is 33.1. The predicted molar refractivity (Wildman–Crippen MR) is 240 cm³/mol. The summed E-state index contributed by atoms with van der Waals surface area (Å²) in [5.41, 5.74) is 5.35. The molecule has 0 spiro atoms. The first-order valence-electron chi connectivity index (χ1n) is 24.6. The summed E-state index contributed by atoms with van der Waals surface area (Å²) in [6, 6.07) is 0.245. The van der Waals surface area contributed by atoms with Gasteiger partial charge in [0, 0.05) is 59.0 Å². The molecule has 0 radical (unpaired) electrons. The Kier molecular flexibility index (Phi) is 10.4. The number of aliphatic hydroxyl groups excluding tert-OH is 3. The number of imidazole rings is 1. The molecule has 6 saturated carbocycles. The Balaban J connectivity index is 1.06. The van der Waals surface area contributed by atoms with Crippen molar-refractivity contribution < 1.29 is 25.2 Å². The summed E-state index contributed by atoms with van der Waals surface area (Å²) >= 11 is 0. The molecule has 0 aromatic carbocycles. The maximum atomic E-state index is 14.9. The van der Waals surface area contributed by atoms with E-state index in [1.54, 1.807) is 22.3 Å². The van der Waals surface area contributed by atoms with Crippen LogP contribution in [0.15, 0.2) is 52.7 Å². The zero-order chi connectivity index (χ0) is 41.3. The molecular weight excluding hydrogens is 785 g/mol. The number of aromatic nitrogens is 2. The van der Waals surface area contributed by atoms with Gasteiger partial charge in [-0.05, 0) is 148 Å². The molecule has 7 fully saturated rings. The molecule has 1 aromatic rings. The van der Waals surface area contributed by atoms with Gasteiger partial charge in [-0.25, -0.2) is 4.98 Å². The minimum Gasteiger partial charge on any atom is -0.392 e. The fraction of sp³-hybridized carbons (Fsp3) is 0.804. The third kappa shape index (κ3) is 5.88. The highest BCUT2D eigenvalue weighted by Gasteiger charge is 2.73. The number of fused-ring (bicyclic) bond motifs is 13. The Bertz CT molecular complexity index is 1950. The van der Waals surface area contributed by atoms with Gasteiger partial charge in [0.1, 0.15) is 0 Å². The largest absolute Gasteiger partial charge is 0.392 e. The highest BCUT2D eigenvalue weighted by Crippen LogP contribution is 2.74. The third-order valence-electron chi connectivity index (χ3n) is 20.1. The van der Waals surface area contributed by atoms with E-state index in [4.69, 9.17) is 0 Å². The van der Waals surface area contributed by atoms with Crippen LogP contribution in [0, 0.1) is 69.5 Å². The van der Waals surface area contributed by atoms with Crippen LogP contribution in [0.5, 0.6) is 0 Å². The molecule has 15 unspecified atom stereocenters. The zero-order valence-corrected chi connectivity index (χ0v) is 38.2. The second-order valence-corrected chi connectivity index (χ2v) is 25.4. The number of ketones is 1. The molecule has 0 amide bonds. The molecule has 1 aromatic heterocycles. The Hall–Kier alpha value is -1.36. The number of carbonyl (C=O) groups excluding carboxylic acids is 1. The third-order valence-corrected chi connectivity index (χ3v) is 22.6. The summed E-state index contributed by atoms with van der Waals surface area (Å²) < 4.78 is 2.33. The van der Waals surface area contributed by atoms with E-state index in [-0.39, 0.29) is 52.7 Å². The Morgan fingerprint density at radius 3 is 2.38 bits per heavy atom. The minimum absolute atomic E-state index is 0.0144. The van der Waals surface area contributed by atoms with Crippen LogP contribution < -0.4 is 0 Å². The lowest BCUT2D eigenvalue weighted by Gasteiger charge is -2.64. The van der Waals surface area contributed by atoms with E-state index >= 15 is 0 Å². The van der Waals surface area contributed by atoms with E-state index in [1.165, 1.54) is 44.9 Å². The quantitative estimate of drug-likeness (QED) is 0.172. The number of hydrogen-bond donors (Lipinski definition) is 4. The first kappa shape index (κ1) is 41.4. The van der Waals surface area contributed by atoms with Gasteiger partial charge in [-0.1, -0.05) is 90.3 Å². The highest BCUT2D eigenvalue weighted by molar-refractivity contribution is 8.76. The van der Waals surface area contributed by atoms with Gasteiger partial charge in [0.25, 0.3) is 0 Å². The number of rotatable bonds is 2. The van der Waals surface area contributed by atoms with Crippen LogP contribution in [-0.4, -0.2) is 71.2 Å². The number of aliphatic hydroxyl groups is 4. The molecule has 328 valence electrons. The molecule has 7 nitrogen and oxygen atoms in total. The van der Waals surface area contributed by atoms with Crippen LogP contribution in [0.3, 0.4) is 0 Å². The molecule has 10 aliphatic rings. The molecule has 2 heterocycles. The summed E-state index contributed by atoms with van der Waals surface area (Å²) in [4.78, 5) is 19.4. The maximum absolute atomic E-state index is 14.9. The van der Waals surface area contributed by atoms with Gasteiger partial charge in [-0.3, -0.25) is 4.79 Å². The summed E-state index contributed by atoms with van der Waals surface area (Å²) in [7, 11) is 3.86. The lowest BCUT2D eigenvalue weighted by atomic mass is 9.41. The fourth-order valence-corrected chi connectivity index (χ4v) is 20.5. The van der Waals surface area contributed by atoms with Gasteiger partial charge in [0.15, 0.2) is 5.78 Å². The van der Waals surface area contributed by atoms with Crippen molar-refractivity contribution in [3.05, 3.63) is 52.7 Å². The van der Waals surface area contributed by atoms with E-state index in [9.17, 15) is 25.2 Å². The van der Waals surface area contributed by atoms with Crippen molar-refractivity contribution in [1.82, 2.24) is 9.55 Å². The first-order chi connectivity index (χ1) is 28.9. The average molecular weight is 857 g/mol. The van der Waals surface area contributed by atoms with Crippen LogP contribution in [-0.2, 0) is 4.79 Å². The average Bonchev–Trinajstić information content (AvgIpc) is 3.86. The van der Waals surface area contributed by atoms with Crippen molar-refractivity contribution in [1.29, 1.82) is 0 Å². The number of carbonyl (C=O) groups is 1. The first-order valence-corrected chi connectivity index (χ1v) is 27.1. The molecule has 60 heavy (non-hydrogen) atoms. The van der Waals surface area contributed by atoms with Crippen molar-refractivity contribution in [3.8, 4) is 0 Å². The van der Waals surface area contributed by atoms with Crippen LogP contribution >= 0.6 is 21.6 Å². The van der Waals surface area contributed by atoms with E-state index in [0.717, 1.165) is 81.3 Å². The van der Waals surface area contributed by atoms with Crippen LogP contribution in [0.25, 0.3) is 0 Å². The minimum atomic E-state index is -1.18. The number of nitrogens with zero attached hydrogens (tertiary/aromatic N) is 2. The normalized spacial score (nSPS) is 48.0. The topological polar surface area (TPSA) is 116 Å². The van der Waals surface area contributed by atoms with Gasteiger partial charge in [0.2, 0.25) is 0 Å². The predicted octanol–water partition coefficient (Wildman–Crippen LogP) is 9.82. The van der Waals surface area contributed by atoms with Crippen molar-refractivity contribution in [3.63, 3.8) is 0 Å². The van der Waals surface area contributed by atoms with E-state index in [2.05, 4.69) is 36.5 Å². The van der Waals surface area contributed by atoms with Gasteiger partial charge < -0.3 is 25.0 Å². The summed E-state index contributed by atoms with van der Waals surface area (Å²) in [5, 5.41) is 50.4. The summed E-state index contributed by atoms with van der Waals surface area (Å²) in [5.74, 6) is 3.07. The molecule has 1 saturated heterocycles. The molecule has 11 rings (SSSR count). The Morgan fingerprint density at radius 2 is 1.58 bits per heavy atom. The van der Waals surface area contributed by atoms with Crippen molar-refractivity contribution in [2.45, 2.75) is 173 Å². The number of hydrogen-bond acceptors (Lipinski definition) is 8. The van der Waals surface area contributed by atoms with E-state index in [1.807, 2.05) is 40.2 Å². The van der Waals surface area contributed by atoms with Crippen molar-refractivity contribution in [2.75, 3.05) is 11.5 Å². The molecule has 9 heteroatoms. The second kappa shape index (κ2) is 15.1. The summed E-state index contributed by atoms with van der Waals surface area (Å²) in [6.07, 6.45) is 25.4. The van der Waals surface area contributed by atoms with Crippen LogP contribution in [0.2, 0.25) is 0 Å². The molecule has 1 aliphatic heterocycles. The Labute approximate surface area is 366 Å². The van der Waals surface area contributed by atoms with Crippen molar-refractivity contribution >= 4 is 27.4 Å². The smallest absolute Gasteiger partial charge is 0.159 e. The summed E-state index contributed by atoms with van der Waals surface area (Å²) in [6.45, 7) is 7.39. The van der Waals surface area contributed by atoms with E-state index < -0.39 is 34.7 Å². The SMILES string of the molecule is CC1(C)CC(n2ccnc2)CSSCC2CC(C3CC4CCCC5=C4C(C1=C1CCCCC51)C3O)C1(C)CCC3C(=CC(=O)C4CC(O)C(O)CC43C3CCCCC3)C21O. The fourth-order valence-electron chi connectivity index (χ4n) is 17.8. The molecule has 9 aliphatic carbocycles.